The molecule has 0 radical (unpaired) electrons. The SMILES string of the molecule is FC1(F)c2ccccc2-c2nccc3c2c1cc1c2ccccc2ccc31. The summed E-state index contributed by atoms with van der Waals surface area (Å²) in [6.07, 6.45) is 1.72. The normalized spacial score (nSPS) is 14.6. The Balaban J connectivity index is 1.91. The van der Waals surface area contributed by atoms with E-state index in [1.807, 2.05) is 36.4 Å². The molecular formula is C24H13F2N. The summed E-state index contributed by atoms with van der Waals surface area (Å²) < 4.78 is 31.1. The van der Waals surface area contributed by atoms with Gasteiger partial charge in [-0.25, -0.2) is 0 Å². The third kappa shape index (κ3) is 1.78. The lowest BCUT2D eigenvalue weighted by molar-refractivity contribution is 0.0444. The van der Waals surface area contributed by atoms with Crippen molar-refractivity contribution < 1.29 is 8.78 Å². The van der Waals surface area contributed by atoms with Gasteiger partial charge in [-0.1, -0.05) is 60.7 Å². The van der Waals surface area contributed by atoms with Crippen molar-refractivity contribution >= 4 is 32.3 Å². The van der Waals surface area contributed by atoms with E-state index >= 15 is 8.78 Å². The van der Waals surface area contributed by atoms with Crippen LogP contribution in [0, 0.1) is 0 Å². The van der Waals surface area contributed by atoms with Crippen molar-refractivity contribution in [1.29, 1.82) is 0 Å². The van der Waals surface area contributed by atoms with Crippen molar-refractivity contribution in [2.45, 2.75) is 5.92 Å². The summed E-state index contributed by atoms with van der Waals surface area (Å²) in [4.78, 5) is 4.48. The van der Waals surface area contributed by atoms with Gasteiger partial charge in [-0.2, -0.15) is 8.78 Å². The summed E-state index contributed by atoms with van der Waals surface area (Å²) in [5.41, 5.74) is 1.22. The maximum atomic E-state index is 15.6. The van der Waals surface area contributed by atoms with Crippen molar-refractivity contribution in [3.05, 3.63) is 90.1 Å². The lowest BCUT2D eigenvalue weighted by Crippen LogP contribution is -2.21. The van der Waals surface area contributed by atoms with Crippen LogP contribution in [0.1, 0.15) is 11.1 Å². The van der Waals surface area contributed by atoms with Gasteiger partial charge in [0.15, 0.2) is 0 Å². The first-order valence-electron chi connectivity index (χ1n) is 8.87. The molecule has 3 heteroatoms. The number of nitrogens with zero attached hydrogens (tertiary/aromatic N) is 1. The highest BCUT2D eigenvalue weighted by Gasteiger charge is 2.42. The van der Waals surface area contributed by atoms with Crippen molar-refractivity contribution in [3.8, 4) is 11.3 Å². The Morgan fingerprint density at radius 3 is 2.41 bits per heavy atom. The van der Waals surface area contributed by atoms with Crippen LogP contribution in [-0.4, -0.2) is 4.98 Å². The van der Waals surface area contributed by atoms with Crippen LogP contribution in [0.2, 0.25) is 0 Å². The zero-order valence-corrected chi connectivity index (χ0v) is 14.2. The highest BCUT2D eigenvalue weighted by Crippen LogP contribution is 2.51. The minimum absolute atomic E-state index is 0.0251. The molecule has 0 saturated heterocycles. The number of aromatic nitrogens is 1. The number of fused-ring (bicyclic) bond motifs is 6. The van der Waals surface area contributed by atoms with Gasteiger partial charge < -0.3 is 0 Å². The summed E-state index contributed by atoms with van der Waals surface area (Å²) >= 11 is 0. The Hall–Kier alpha value is -3.33. The monoisotopic (exact) mass is 353 g/mol. The Morgan fingerprint density at radius 2 is 1.48 bits per heavy atom. The molecule has 1 aliphatic carbocycles. The first-order valence-corrected chi connectivity index (χ1v) is 8.87. The fourth-order valence-electron chi connectivity index (χ4n) is 4.42. The van der Waals surface area contributed by atoms with Crippen molar-refractivity contribution in [2.75, 3.05) is 0 Å². The van der Waals surface area contributed by atoms with Crippen LogP contribution in [0.15, 0.2) is 79.0 Å². The van der Waals surface area contributed by atoms with Gasteiger partial charge >= 0.3 is 0 Å². The number of pyridine rings is 1. The number of rotatable bonds is 0. The van der Waals surface area contributed by atoms with E-state index in [0.29, 0.717) is 16.6 Å². The summed E-state index contributed by atoms with van der Waals surface area (Å²) in [7, 11) is 0. The molecule has 5 aromatic rings. The van der Waals surface area contributed by atoms with E-state index in [2.05, 4.69) is 11.1 Å². The molecule has 0 fully saturated rings. The quantitative estimate of drug-likeness (QED) is 0.284. The summed E-state index contributed by atoms with van der Waals surface area (Å²) in [6.45, 7) is 0. The lowest BCUT2D eigenvalue weighted by atomic mass is 9.81. The van der Waals surface area contributed by atoms with Gasteiger partial charge in [0.1, 0.15) is 0 Å². The zero-order valence-electron chi connectivity index (χ0n) is 14.2. The molecule has 0 N–H and O–H groups in total. The summed E-state index contributed by atoms with van der Waals surface area (Å²) in [5.74, 6) is -3.06. The van der Waals surface area contributed by atoms with Gasteiger partial charge in [-0.3, -0.25) is 4.98 Å². The van der Waals surface area contributed by atoms with E-state index < -0.39 is 5.92 Å². The zero-order chi connectivity index (χ0) is 18.2. The third-order valence-electron chi connectivity index (χ3n) is 5.63. The van der Waals surface area contributed by atoms with Gasteiger partial charge in [-0.15, -0.1) is 0 Å². The fourth-order valence-corrected chi connectivity index (χ4v) is 4.42. The average molecular weight is 353 g/mol. The van der Waals surface area contributed by atoms with E-state index in [4.69, 9.17) is 0 Å². The number of alkyl halides is 2. The molecule has 0 aliphatic heterocycles. The molecule has 0 amide bonds. The Bertz CT molecular complexity index is 1400. The molecule has 1 nitrogen and oxygen atoms in total. The molecule has 0 unspecified atom stereocenters. The van der Waals surface area contributed by atoms with Gasteiger partial charge in [-0.05, 0) is 39.1 Å². The minimum Gasteiger partial charge on any atom is -0.256 e. The molecule has 27 heavy (non-hydrogen) atoms. The predicted molar refractivity (Wildman–Crippen MR) is 105 cm³/mol. The van der Waals surface area contributed by atoms with E-state index in [0.717, 1.165) is 26.9 Å². The van der Waals surface area contributed by atoms with Crippen LogP contribution in [-0.2, 0) is 5.92 Å². The van der Waals surface area contributed by atoms with E-state index in [-0.39, 0.29) is 11.1 Å². The van der Waals surface area contributed by atoms with Crippen LogP contribution >= 0.6 is 0 Å². The second-order valence-corrected chi connectivity index (χ2v) is 7.01. The molecule has 0 saturated carbocycles. The van der Waals surface area contributed by atoms with Crippen LogP contribution in [0.25, 0.3) is 43.6 Å². The van der Waals surface area contributed by atoms with Crippen LogP contribution in [0.4, 0.5) is 8.78 Å². The van der Waals surface area contributed by atoms with Gasteiger partial charge in [0.05, 0.1) is 5.69 Å². The van der Waals surface area contributed by atoms with Crippen molar-refractivity contribution in [1.82, 2.24) is 4.98 Å². The molecule has 0 spiro atoms. The predicted octanol–water partition coefficient (Wildman–Crippen LogP) is 6.66. The maximum absolute atomic E-state index is 15.6. The van der Waals surface area contributed by atoms with E-state index in [1.165, 1.54) is 6.07 Å². The Kier molecular flexibility index (Phi) is 2.68. The molecular weight excluding hydrogens is 340 g/mol. The molecule has 1 aromatic heterocycles. The number of halogens is 2. The van der Waals surface area contributed by atoms with Crippen molar-refractivity contribution in [3.63, 3.8) is 0 Å². The van der Waals surface area contributed by atoms with E-state index in [9.17, 15) is 0 Å². The minimum atomic E-state index is -3.06. The average Bonchev–Trinajstić information content (AvgIpc) is 2.71. The van der Waals surface area contributed by atoms with Crippen LogP contribution in [0.3, 0.4) is 0 Å². The molecule has 6 rings (SSSR count). The van der Waals surface area contributed by atoms with E-state index in [1.54, 1.807) is 30.5 Å². The van der Waals surface area contributed by atoms with Gasteiger partial charge in [0, 0.05) is 28.3 Å². The Morgan fingerprint density at radius 1 is 0.667 bits per heavy atom. The molecule has 1 heterocycles. The highest BCUT2D eigenvalue weighted by molar-refractivity contribution is 6.20. The standard InChI is InChI=1S/C24H13F2N/c25-24(26)20-8-4-3-7-18(20)23-22-17(11-12-27-23)16-10-9-14-5-1-2-6-15(14)19(16)13-21(22)24/h1-13H. The molecule has 0 atom stereocenters. The maximum Gasteiger partial charge on any atom is 0.299 e. The number of benzene rings is 4. The summed E-state index contributed by atoms with van der Waals surface area (Å²) in [6, 6.07) is 22.2. The Labute approximate surface area is 153 Å². The van der Waals surface area contributed by atoms with Gasteiger partial charge in [0.2, 0.25) is 0 Å². The molecule has 0 bridgehead atoms. The summed E-state index contributed by atoms with van der Waals surface area (Å²) in [5, 5.41) is 5.25. The fraction of sp³-hybridized carbons (Fsp3) is 0.0417. The van der Waals surface area contributed by atoms with Crippen molar-refractivity contribution in [2.24, 2.45) is 0 Å². The smallest absolute Gasteiger partial charge is 0.256 e. The number of hydrogen-bond donors (Lipinski definition) is 0. The molecule has 128 valence electrons. The number of hydrogen-bond acceptors (Lipinski definition) is 1. The highest BCUT2D eigenvalue weighted by atomic mass is 19.3. The topological polar surface area (TPSA) is 12.9 Å². The largest absolute Gasteiger partial charge is 0.299 e. The van der Waals surface area contributed by atoms with Gasteiger partial charge in [0.25, 0.3) is 5.92 Å². The second kappa shape index (κ2) is 4.89. The molecule has 1 aliphatic rings. The first kappa shape index (κ1) is 14.8. The van der Waals surface area contributed by atoms with Crippen LogP contribution < -0.4 is 0 Å². The molecule has 4 aromatic carbocycles. The first-order chi connectivity index (χ1) is 13.2. The second-order valence-electron chi connectivity index (χ2n) is 7.01. The van der Waals surface area contributed by atoms with Crippen LogP contribution in [0.5, 0.6) is 0 Å². The third-order valence-corrected chi connectivity index (χ3v) is 5.63. The lowest BCUT2D eigenvalue weighted by Gasteiger charge is -2.28.